The van der Waals surface area contributed by atoms with E-state index in [1.54, 1.807) is 37.4 Å². The van der Waals surface area contributed by atoms with Crippen LogP contribution in [0.1, 0.15) is 11.3 Å². The number of hydrogen-bond acceptors (Lipinski definition) is 3. The second-order valence-electron chi connectivity index (χ2n) is 3.57. The first-order chi connectivity index (χ1) is 8.15. The number of para-hydroxylation sites is 1. The van der Waals surface area contributed by atoms with Gasteiger partial charge in [0.1, 0.15) is 17.5 Å². The van der Waals surface area contributed by atoms with E-state index in [0.717, 1.165) is 5.56 Å². The van der Waals surface area contributed by atoms with Crippen LogP contribution in [-0.4, -0.2) is 9.49 Å². The molecule has 0 amide bonds. The highest BCUT2D eigenvalue weighted by molar-refractivity contribution is 5.59. The molecule has 2 aromatic rings. The molecule has 0 unspecified atom stereocenters. The van der Waals surface area contributed by atoms with Gasteiger partial charge in [-0.25, -0.2) is 0 Å². The standard InChI is InChI=1S/C12H9N3O2/c1-9-4-2-6-11(15(16)17)12(9)14-7-3-5-10(14)8-13/h2-7H,1H3. The lowest BCUT2D eigenvalue weighted by molar-refractivity contribution is -0.384. The zero-order valence-corrected chi connectivity index (χ0v) is 9.12. The van der Waals surface area contributed by atoms with Crippen LogP contribution in [0.4, 0.5) is 5.69 Å². The second kappa shape index (κ2) is 4.10. The molecule has 84 valence electrons. The first-order valence-electron chi connectivity index (χ1n) is 4.97. The third-order valence-electron chi connectivity index (χ3n) is 2.52. The van der Waals surface area contributed by atoms with Crippen LogP contribution < -0.4 is 0 Å². The number of aryl methyl sites for hydroxylation is 1. The fourth-order valence-electron chi connectivity index (χ4n) is 1.77. The van der Waals surface area contributed by atoms with Crippen LogP contribution in [0.15, 0.2) is 36.5 Å². The topological polar surface area (TPSA) is 71.9 Å². The summed E-state index contributed by atoms with van der Waals surface area (Å²) in [6.45, 7) is 1.78. The lowest BCUT2D eigenvalue weighted by Gasteiger charge is -2.08. The van der Waals surface area contributed by atoms with Crippen molar-refractivity contribution in [3.63, 3.8) is 0 Å². The number of aromatic nitrogens is 1. The Hall–Kier alpha value is -2.61. The van der Waals surface area contributed by atoms with E-state index in [9.17, 15) is 10.1 Å². The van der Waals surface area contributed by atoms with Gasteiger partial charge in [-0.3, -0.25) is 10.1 Å². The third-order valence-corrected chi connectivity index (χ3v) is 2.52. The van der Waals surface area contributed by atoms with E-state index in [4.69, 9.17) is 5.26 Å². The molecule has 0 aliphatic rings. The summed E-state index contributed by atoms with van der Waals surface area (Å²) in [5.41, 5.74) is 1.58. The Kier molecular flexibility index (Phi) is 2.63. The molecule has 0 spiro atoms. The SMILES string of the molecule is Cc1cccc([N+](=O)[O-])c1-n1cccc1C#N. The Labute approximate surface area is 97.7 Å². The molecule has 5 heteroatoms. The molecule has 0 saturated heterocycles. The largest absolute Gasteiger partial charge is 0.302 e. The van der Waals surface area contributed by atoms with Crippen LogP contribution in [0, 0.1) is 28.4 Å². The van der Waals surface area contributed by atoms with Gasteiger partial charge in [-0.2, -0.15) is 5.26 Å². The van der Waals surface area contributed by atoms with Gasteiger partial charge < -0.3 is 4.57 Å². The van der Waals surface area contributed by atoms with Gasteiger partial charge in [0.15, 0.2) is 0 Å². The maximum atomic E-state index is 11.0. The van der Waals surface area contributed by atoms with Crippen molar-refractivity contribution in [2.45, 2.75) is 6.92 Å². The third kappa shape index (κ3) is 1.76. The molecule has 0 aliphatic heterocycles. The van der Waals surface area contributed by atoms with E-state index in [2.05, 4.69) is 0 Å². The average molecular weight is 227 g/mol. The number of nitro groups is 1. The van der Waals surface area contributed by atoms with E-state index < -0.39 is 4.92 Å². The second-order valence-corrected chi connectivity index (χ2v) is 3.57. The van der Waals surface area contributed by atoms with E-state index in [0.29, 0.717) is 11.4 Å². The minimum atomic E-state index is -0.441. The van der Waals surface area contributed by atoms with E-state index >= 15 is 0 Å². The highest BCUT2D eigenvalue weighted by Gasteiger charge is 2.18. The van der Waals surface area contributed by atoms with Crippen molar-refractivity contribution in [1.29, 1.82) is 5.26 Å². The highest BCUT2D eigenvalue weighted by Crippen LogP contribution is 2.27. The lowest BCUT2D eigenvalue weighted by Crippen LogP contribution is -2.03. The average Bonchev–Trinajstić information content (AvgIpc) is 2.76. The zero-order chi connectivity index (χ0) is 12.4. The van der Waals surface area contributed by atoms with Gasteiger partial charge in [-0.15, -0.1) is 0 Å². The molecule has 0 bridgehead atoms. The molecule has 0 radical (unpaired) electrons. The Morgan fingerprint density at radius 2 is 2.12 bits per heavy atom. The van der Waals surface area contributed by atoms with Gasteiger partial charge in [-0.05, 0) is 24.6 Å². The smallest absolute Gasteiger partial charge is 0.293 e. The monoisotopic (exact) mass is 227 g/mol. The van der Waals surface area contributed by atoms with Crippen molar-refractivity contribution in [2.75, 3.05) is 0 Å². The summed E-state index contributed by atoms with van der Waals surface area (Å²) in [5.74, 6) is 0. The van der Waals surface area contributed by atoms with Crippen molar-refractivity contribution < 1.29 is 4.92 Å². The molecule has 1 aromatic heterocycles. The minimum Gasteiger partial charge on any atom is -0.302 e. The summed E-state index contributed by atoms with van der Waals surface area (Å²) < 4.78 is 1.54. The Bertz CT molecular complexity index is 623. The summed E-state index contributed by atoms with van der Waals surface area (Å²) in [6.07, 6.45) is 1.65. The van der Waals surface area contributed by atoms with Gasteiger partial charge in [0.25, 0.3) is 5.69 Å². The van der Waals surface area contributed by atoms with Gasteiger partial charge in [0, 0.05) is 12.3 Å². The van der Waals surface area contributed by atoms with Crippen LogP contribution in [-0.2, 0) is 0 Å². The van der Waals surface area contributed by atoms with Crippen LogP contribution in [0.2, 0.25) is 0 Å². The molecule has 0 N–H and O–H groups in total. The maximum Gasteiger partial charge on any atom is 0.293 e. The predicted octanol–water partition coefficient (Wildman–Crippen LogP) is 2.57. The molecule has 1 aromatic carbocycles. The molecule has 0 atom stereocenters. The maximum absolute atomic E-state index is 11.0. The molecule has 0 saturated carbocycles. The summed E-state index contributed by atoms with van der Waals surface area (Å²) in [7, 11) is 0. The number of nitrogens with zero attached hydrogens (tertiary/aromatic N) is 3. The van der Waals surface area contributed by atoms with E-state index in [1.807, 2.05) is 6.07 Å². The van der Waals surface area contributed by atoms with Crippen molar-refractivity contribution >= 4 is 5.69 Å². The number of nitriles is 1. The molecule has 17 heavy (non-hydrogen) atoms. The molecule has 0 fully saturated rings. The lowest BCUT2D eigenvalue weighted by atomic mass is 10.1. The van der Waals surface area contributed by atoms with Gasteiger partial charge in [0.05, 0.1) is 4.92 Å². The Balaban J connectivity index is 2.75. The van der Waals surface area contributed by atoms with Crippen LogP contribution in [0.3, 0.4) is 0 Å². The molecule has 5 nitrogen and oxygen atoms in total. The molecule has 2 rings (SSSR count). The van der Waals surface area contributed by atoms with Gasteiger partial charge >= 0.3 is 0 Å². The molecule has 0 aliphatic carbocycles. The molecular formula is C12H9N3O2. The fourth-order valence-corrected chi connectivity index (χ4v) is 1.77. The van der Waals surface area contributed by atoms with E-state index in [-0.39, 0.29) is 5.69 Å². The summed E-state index contributed by atoms with van der Waals surface area (Å²) in [6, 6.07) is 10.2. The number of benzene rings is 1. The first-order valence-corrected chi connectivity index (χ1v) is 4.97. The predicted molar refractivity (Wildman–Crippen MR) is 61.9 cm³/mol. The molecular weight excluding hydrogens is 218 g/mol. The summed E-state index contributed by atoms with van der Waals surface area (Å²) in [4.78, 5) is 10.5. The Morgan fingerprint density at radius 3 is 2.76 bits per heavy atom. The summed E-state index contributed by atoms with van der Waals surface area (Å²) >= 11 is 0. The van der Waals surface area contributed by atoms with Crippen molar-refractivity contribution in [1.82, 2.24) is 4.57 Å². The zero-order valence-electron chi connectivity index (χ0n) is 9.12. The number of hydrogen-bond donors (Lipinski definition) is 0. The fraction of sp³-hybridized carbons (Fsp3) is 0.0833. The Morgan fingerprint density at radius 1 is 1.35 bits per heavy atom. The number of nitro benzene ring substituents is 1. The van der Waals surface area contributed by atoms with Crippen LogP contribution in [0.5, 0.6) is 0 Å². The first kappa shape index (κ1) is 10.9. The number of rotatable bonds is 2. The molecule has 1 heterocycles. The van der Waals surface area contributed by atoms with Gasteiger partial charge in [0.2, 0.25) is 0 Å². The highest BCUT2D eigenvalue weighted by atomic mass is 16.6. The van der Waals surface area contributed by atoms with Crippen molar-refractivity contribution in [3.8, 4) is 11.8 Å². The normalized spacial score (nSPS) is 9.88. The quantitative estimate of drug-likeness (QED) is 0.584. The summed E-state index contributed by atoms with van der Waals surface area (Å²) in [5, 5.41) is 19.9. The van der Waals surface area contributed by atoms with Gasteiger partial charge in [-0.1, -0.05) is 12.1 Å². The van der Waals surface area contributed by atoms with Crippen molar-refractivity contribution in [3.05, 3.63) is 57.9 Å². The van der Waals surface area contributed by atoms with E-state index in [1.165, 1.54) is 10.6 Å². The van der Waals surface area contributed by atoms with Crippen LogP contribution >= 0.6 is 0 Å². The minimum absolute atomic E-state index is 0.00213. The van der Waals surface area contributed by atoms with Crippen LogP contribution in [0.25, 0.3) is 5.69 Å². The van der Waals surface area contributed by atoms with Crippen molar-refractivity contribution in [2.24, 2.45) is 0 Å².